The number of thiazole rings is 1. The van der Waals surface area contributed by atoms with Crippen molar-refractivity contribution in [2.24, 2.45) is 0 Å². The minimum atomic E-state index is 0.0152. The van der Waals surface area contributed by atoms with Gasteiger partial charge in [-0.25, -0.2) is 4.98 Å². The number of ether oxygens (including phenoxy) is 1. The van der Waals surface area contributed by atoms with Crippen LogP contribution in [0, 0.1) is 6.92 Å². The number of aryl methyl sites for hydroxylation is 1. The van der Waals surface area contributed by atoms with Gasteiger partial charge in [-0.2, -0.15) is 0 Å². The second-order valence-electron chi connectivity index (χ2n) is 5.16. The van der Waals surface area contributed by atoms with Gasteiger partial charge in [0.15, 0.2) is 0 Å². The number of amides is 1. The van der Waals surface area contributed by atoms with Crippen LogP contribution in [-0.4, -0.2) is 24.0 Å². The van der Waals surface area contributed by atoms with Gasteiger partial charge in [-0.05, 0) is 25.8 Å². The highest BCUT2D eigenvalue weighted by Gasteiger charge is 2.07. The van der Waals surface area contributed by atoms with Crippen LogP contribution in [0.1, 0.15) is 35.7 Å². The molecule has 0 aliphatic rings. The molecule has 0 spiro atoms. The summed E-state index contributed by atoms with van der Waals surface area (Å²) in [6, 6.07) is 10.1. The van der Waals surface area contributed by atoms with Crippen LogP contribution in [0.3, 0.4) is 0 Å². The minimum Gasteiger partial charge on any atom is -0.374 e. The molecule has 0 saturated heterocycles. The van der Waals surface area contributed by atoms with Crippen molar-refractivity contribution < 1.29 is 9.53 Å². The molecule has 1 N–H and O–H groups in total. The number of hydrogen-bond donors (Lipinski definition) is 1. The highest BCUT2D eigenvalue weighted by molar-refractivity contribution is 7.09. The van der Waals surface area contributed by atoms with Crippen LogP contribution in [-0.2, 0) is 16.0 Å². The first-order chi connectivity index (χ1) is 10.6. The van der Waals surface area contributed by atoms with Gasteiger partial charge in [-0.15, -0.1) is 11.3 Å². The zero-order valence-electron chi connectivity index (χ0n) is 13.0. The number of hydrogen-bond acceptors (Lipinski definition) is 4. The average molecular weight is 318 g/mol. The molecule has 118 valence electrons. The maximum atomic E-state index is 11.8. The van der Waals surface area contributed by atoms with Crippen molar-refractivity contribution in [2.45, 2.75) is 32.8 Å². The summed E-state index contributed by atoms with van der Waals surface area (Å²) in [6.45, 7) is 5.24. The van der Waals surface area contributed by atoms with E-state index in [2.05, 4.69) is 22.4 Å². The summed E-state index contributed by atoms with van der Waals surface area (Å²) in [5.74, 6) is 0.0152. The molecule has 1 unspecified atom stereocenters. The Kier molecular flexibility index (Phi) is 6.55. The summed E-state index contributed by atoms with van der Waals surface area (Å²) in [7, 11) is 0. The van der Waals surface area contributed by atoms with Crippen molar-refractivity contribution in [3.63, 3.8) is 0 Å². The Balaban J connectivity index is 1.58. The topological polar surface area (TPSA) is 51.2 Å². The largest absolute Gasteiger partial charge is 0.374 e. The summed E-state index contributed by atoms with van der Waals surface area (Å²) >= 11 is 1.57. The Morgan fingerprint density at radius 3 is 2.82 bits per heavy atom. The number of nitrogens with one attached hydrogen (secondary N) is 1. The first kappa shape index (κ1) is 16.6. The van der Waals surface area contributed by atoms with Crippen LogP contribution < -0.4 is 5.32 Å². The molecule has 4 nitrogen and oxygen atoms in total. The maximum Gasteiger partial charge on any atom is 0.226 e. The summed E-state index contributed by atoms with van der Waals surface area (Å²) in [5, 5.41) is 5.82. The molecule has 2 aromatic rings. The summed E-state index contributed by atoms with van der Waals surface area (Å²) in [6.07, 6.45) is 1.24. The van der Waals surface area contributed by atoms with E-state index >= 15 is 0 Å². The van der Waals surface area contributed by atoms with Crippen molar-refractivity contribution in [1.82, 2.24) is 10.3 Å². The van der Waals surface area contributed by atoms with Gasteiger partial charge in [0.1, 0.15) is 0 Å². The fourth-order valence-corrected chi connectivity index (χ4v) is 2.71. The van der Waals surface area contributed by atoms with E-state index in [1.807, 2.05) is 37.4 Å². The van der Waals surface area contributed by atoms with Gasteiger partial charge in [-0.1, -0.05) is 30.3 Å². The van der Waals surface area contributed by atoms with Gasteiger partial charge < -0.3 is 10.1 Å². The van der Waals surface area contributed by atoms with E-state index in [1.54, 1.807) is 11.3 Å². The van der Waals surface area contributed by atoms with Crippen molar-refractivity contribution in [2.75, 3.05) is 13.2 Å². The molecule has 5 heteroatoms. The predicted octanol–water partition coefficient (Wildman–Crippen LogP) is 3.28. The normalized spacial score (nSPS) is 12.1. The number of carbonyl (C=O) groups excluding carboxylic acids is 1. The van der Waals surface area contributed by atoms with Gasteiger partial charge in [-0.3, -0.25) is 4.79 Å². The zero-order valence-corrected chi connectivity index (χ0v) is 13.9. The lowest BCUT2D eigenvalue weighted by Gasteiger charge is -2.13. The van der Waals surface area contributed by atoms with Crippen molar-refractivity contribution in [1.29, 1.82) is 0 Å². The van der Waals surface area contributed by atoms with E-state index in [-0.39, 0.29) is 12.0 Å². The lowest BCUT2D eigenvalue weighted by molar-refractivity contribution is -0.120. The smallest absolute Gasteiger partial charge is 0.226 e. The van der Waals surface area contributed by atoms with Crippen LogP contribution in [0.25, 0.3) is 0 Å². The molecule has 1 aromatic carbocycles. The van der Waals surface area contributed by atoms with E-state index in [0.29, 0.717) is 19.6 Å². The number of nitrogens with zero attached hydrogens (tertiary/aromatic N) is 1. The van der Waals surface area contributed by atoms with Gasteiger partial charge in [0.2, 0.25) is 5.91 Å². The Morgan fingerprint density at radius 2 is 2.14 bits per heavy atom. The molecule has 1 amide bonds. The number of rotatable bonds is 8. The van der Waals surface area contributed by atoms with E-state index in [0.717, 1.165) is 17.1 Å². The molecule has 0 bridgehead atoms. The monoisotopic (exact) mass is 318 g/mol. The van der Waals surface area contributed by atoms with Crippen molar-refractivity contribution in [3.8, 4) is 0 Å². The van der Waals surface area contributed by atoms with Gasteiger partial charge in [0.05, 0.1) is 23.2 Å². The molecule has 22 heavy (non-hydrogen) atoms. The third kappa shape index (κ3) is 5.58. The summed E-state index contributed by atoms with van der Waals surface area (Å²) in [5.41, 5.74) is 2.01. The van der Waals surface area contributed by atoms with Crippen molar-refractivity contribution >= 4 is 17.2 Å². The Morgan fingerprint density at radius 1 is 1.36 bits per heavy atom. The van der Waals surface area contributed by atoms with Gasteiger partial charge in [0.25, 0.3) is 0 Å². The Hall–Kier alpha value is -1.72. The number of benzene rings is 1. The molecule has 0 saturated carbocycles. The quantitative estimate of drug-likeness (QED) is 0.760. The second kappa shape index (κ2) is 8.66. The zero-order chi connectivity index (χ0) is 15.8. The first-order valence-corrected chi connectivity index (χ1v) is 8.37. The lowest BCUT2D eigenvalue weighted by atomic mass is 10.1. The van der Waals surface area contributed by atoms with E-state index in [9.17, 15) is 4.79 Å². The molecule has 0 aliphatic carbocycles. The van der Waals surface area contributed by atoms with Crippen LogP contribution in [0.4, 0.5) is 0 Å². The standard InChI is InChI=1S/C17H22N2O2S/c1-13(15-7-4-3-5-8-15)21-10-6-9-18-17(20)11-16-12-22-14(2)19-16/h3-5,7-8,12-13H,6,9-11H2,1-2H3,(H,18,20). The van der Waals surface area contributed by atoms with Gasteiger partial charge in [0, 0.05) is 18.5 Å². The van der Waals surface area contributed by atoms with Crippen LogP contribution in [0.5, 0.6) is 0 Å². The van der Waals surface area contributed by atoms with Crippen LogP contribution >= 0.6 is 11.3 Å². The minimum absolute atomic E-state index is 0.0152. The highest BCUT2D eigenvalue weighted by atomic mass is 32.1. The maximum absolute atomic E-state index is 11.8. The SMILES string of the molecule is Cc1nc(CC(=O)NCCCOC(C)c2ccccc2)cs1. The predicted molar refractivity (Wildman–Crippen MR) is 89.0 cm³/mol. The number of carbonyl (C=O) groups is 1. The average Bonchev–Trinajstić information content (AvgIpc) is 2.92. The first-order valence-electron chi connectivity index (χ1n) is 7.49. The molecule has 0 fully saturated rings. The van der Waals surface area contributed by atoms with Gasteiger partial charge >= 0.3 is 0 Å². The Bertz CT molecular complexity index is 583. The molecule has 0 aliphatic heterocycles. The number of aromatic nitrogens is 1. The Labute approximate surface area is 135 Å². The molecule has 1 atom stereocenters. The molecule has 1 aromatic heterocycles. The second-order valence-corrected chi connectivity index (χ2v) is 6.22. The summed E-state index contributed by atoms with van der Waals surface area (Å²) in [4.78, 5) is 16.0. The summed E-state index contributed by atoms with van der Waals surface area (Å²) < 4.78 is 5.77. The van der Waals surface area contributed by atoms with E-state index in [4.69, 9.17) is 4.74 Å². The lowest BCUT2D eigenvalue weighted by Crippen LogP contribution is -2.27. The van der Waals surface area contributed by atoms with E-state index < -0.39 is 0 Å². The molecule has 2 rings (SSSR count). The molecular weight excluding hydrogens is 296 g/mol. The third-order valence-corrected chi connectivity index (χ3v) is 4.11. The van der Waals surface area contributed by atoms with Crippen LogP contribution in [0.15, 0.2) is 35.7 Å². The highest BCUT2D eigenvalue weighted by Crippen LogP contribution is 2.15. The van der Waals surface area contributed by atoms with E-state index in [1.165, 1.54) is 5.56 Å². The van der Waals surface area contributed by atoms with Crippen molar-refractivity contribution in [3.05, 3.63) is 52.0 Å². The fourth-order valence-electron chi connectivity index (χ4n) is 2.10. The fraction of sp³-hybridized carbons (Fsp3) is 0.412. The molecule has 0 radical (unpaired) electrons. The molecular formula is C17H22N2O2S. The molecule has 1 heterocycles. The van der Waals surface area contributed by atoms with Crippen LogP contribution in [0.2, 0.25) is 0 Å². The third-order valence-electron chi connectivity index (χ3n) is 3.29.